The van der Waals surface area contributed by atoms with Crippen molar-refractivity contribution in [1.29, 1.82) is 0 Å². The molecule has 130 valence electrons. The number of halogens is 1. The van der Waals surface area contributed by atoms with Crippen molar-refractivity contribution in [2.45, 2.75) is 26.5 Å². The molecule has 1 unspecified atom stereocenters. The van der Waals surface area contributed by atoms with Crippen molar-refractivity contribution in [2.75, 3.05) is 13.1 Å². The molecule has 0 bridgehead atoms. The van der Waals surface area contributed by atoms with Crippen molar-refractivity contribution >= 4 is 29.9 Å². The number of benzene rings is 2. The summed E-state index contributed by atoms with van der Waals surface area (Å²) in [5.74, 6) is 1.69. The lowest BCUT2D eigenvalue weighted by Crippen LogP contribution is -2.41. The van der Waals surface area contributed by atoms with E-state index in [-0.39, 0.29) is 30.1 Å². The lowest BCUT2D eigenvalue weighted by atomic mass is 10.2. The zero-order chi connectivity index (χ0) is 16.3. The van der Waals surface area contributed by atoms with E-state index in [9.17, 15) is 0 Å². The van der Waals surface area contributed by atoms with Crippen LogP contribution in [-0.4, -0.2) is 25.2 Å². The summed E-state index contributed by atoms with van der Waals surface area (Å²) in [5, 5.41) is 6.58. The van der Waals surface area contributed by atoms with Gasteiger partial charge in [0.15, 0.2) is 5.96 Å². The van der Waals surface area contributed by atoms with Crippen LogP contribution in [0.25, 0.3) is 0 Å². The molecule has 2 aromatic carbocycles. The Morgan fingerprint density at radius 2 is 1.62 bits per heavy atom. The average molecular weight is 439 g/mol. The first-order valence-corrected chi connectivity index (χ1v) is 8.05. The summed E-state index contributed by atoms with van der Waals surface area (Å²) in [6.45, 7) is 6.28. The molecule has 0 saturated carbocycles. The second-order valence-corrected chi connectivity index (χ2v) is 5.30. The van der Waals surface area contributed by atoms with Crippen LogP contribution in [0.2, 0.25) is 0 Å². The number of ether oxygens (including phenoxy) is 1. The summed E-state index contributed by atoms with van der Waals surface area (Å²) in [6.07, 6.45) is 0.0537. The Kier molecular flexibility index (Phi) is 9.91. The first-order chi connectivity index (χ1) is 11.3. The fourth-order valence-electron chi connectivity index (χ4n) is 2.11. The van der Waals surface area contributed by atoms with E-state index in [4.69, 9.17) is 4.74 Å². The topological polar surface area (TPSA) is 45.7 Å². The number of para-hydroxylation sites is 1. The predicted molar refractivity (Wildman–Crippen MR) is 111 cm³/mol. The van der Waals surface area contributed by atoms with E-state index in [0.29, 0.717) is 13.1 Å². The molecule has 1 atom stereocenters. The van der Waals surface area contributed by atoms with Gasteiger partial charge in [-0.25, -0.2) is 4.99 Å². The van der Waals surface area contributed by atoms with E-state index >= 15 is 0 Å². The van der Waals surface area contributed by atoms with Crippen molar-refractivity contribution in [1.82, 2.24) is 10.6 Å². The summed E-state index contributed by atoms with van der Waals surface area (Å²) in [6, 6.07) is 20.1. The first-order valence-electron chi connectivity index (χ1n) is 8.05. The number of guanidine groups is 1. The minimum absolute atomic E-state index is 0. The van der Waals surface area contributed by atoms with E-state index in [0.717, 1.165) is 18.3 Å². The summed E-state index contributed by atoms with van der Waals surface area (Å²) in [5.41, 5.74) is 1.19. The zero-order valence-corrected chi connectivity index (χ0v) is 16.6. The van der Waals surface area contributed by atoms with Gasteiger partial charge in [0.25, 0.3) is 0 Å². The molecule has 4 nitrogen and oxygen atoms in total. The van der Waals surface area contributed by atoms with Gasteiger partial charge in [-0.15, -0.1) is 24.0 Å². The number of nitrogens with zero attached hydrogens (tertiary/aromatic N) is 1. The molecule has 2 rings (SSSR count). The Morgan fingerprint density at radius 3 is 2.25 bits per heavy atom. The highest BCUT2D eigenvalue weighted by Gasteiger charge is 2.05. The lowest BCUT2D eigenvalue weighted by molar-refractivity contribution is 0.224. The minimum Gasteiger partial charge on any atom is -0.489 e. The molecule has 0 radical (unpaired) electrons. The van der Waals surface area contributed by atoms with Gasteiger partial charge in [0.05, 0.1) is 13.1 Å². The number of hydrogen-bond donors (Lipinski definition) is 2. The van der Waals surface area contributed by atoms with Gasteiger partial charge in [-0.3, -0.25) is 0 Å². The van der Waals surface area contributed by atoms with Gasteiger partial charge in [-0.2, -0.15) is 0 Å². The Balaban J connectivity index is 0.00000288. The lowest BCUT2D eigenvalue weighted by Gasteiger charge is -2.17. The SMILES string of the molecule is CCNC(=NCc1ccccc1)NCC(C)Oc1ccccc1.I. The van der Waals surface area contributed by atoms with Crippen LogP contribution >= 0.6 is 24.0 Å². The maximum Gasteiger partial charge on any atom is 0.191 e. The highest BCUT2D eigenvalue weighted by molar-refractivity contribution is 14.0. The Labute approximate surface area is 161 Å². The second-order valence-electron chi connectivity index (χ2n) is 5.30. The molecule has 0 aliphatic carbocycles. The van der Waals surface area contributed by atoms with Crippen molar-refractivity contribution < 1.29 is 4.74 Å². The van der Waals surface area contributed by atoms with Crippen LogP contribution < -0.4 is 15.4 Å². The van der Waals surface area contributed by atoms with Crippen molar-refractivity contribution in [3.8, 4) is 5.75 Å². The fraction of sp³-hybridized carbons (Fsp3) is 0.316. The van der Waals surface area contributed by atoms with Gasteiger partial charge in [-0.05, 0) is 31.5 Å². The van der Waals surface area contributed by atoms with Crippen molar-refractivity contribution in [3.05, 3.63) is 66.2 Å². The molecule has 0 aliphatic rings. The minimum atomic E-state index is 0. The van der Waals surface area contributed by atoms with Gasteiger partial charge in [0.2, 0.25) is 0 Å². The van der Waals surface area contributed by atoms with Gasteiger partial charge < -0.3 is 15.4 Å². The zero-order valence-electron chi connectivity index (χ0n) is 14.2. The van der Waals surface area contributed by atoms with Gasteiger partial charge in [0, 0.05) is 6.54 Å². The van der Waals surface area contributed by atoms with Crippen LogP contribution in [0.3, 0.4) is 0 Å². The maximum absolute atomic E-state index is 5.86. The highest BCUT2D eigenvalue weighted by atomic mass is 127. The molecule has 0 aromatic heterocycles. The highest BCUT2D eigenvalue weighted by Crippen LogP contribution is 2.10. The molecule has 2 N–H and O–H groups in total. The fourth-order valence-corrected chi connectivity index (χ4v) is 2.11. The molecular formula is C19H26IN3O. The van der Waals surface area contributed by atoms with Crippen molar-refractivity contribution in [3.63, 3.8) is 0 Å². The Bertz CT molecular complexity index is 590. The van der Waals surface area contributed by atoms with E-state index < -0.39 is 0 Å². The van der Waals surface area contributed by atoms with Crippen LogP contribution in [0.1, 0.15) is 19.4 Å². The quantitative estimate of drug-likeness (QED) is 0.392. The Hall–Kier alpha value is -1.76. The molecule has 0 saturated heterocycles. The number of rotatable bonds is 7. The normalized spacial score (nSPS) is 12.0. The van der Waals surface area contributed by atoms with E-state index in [1.165, 1.54) is 5.56 Å². The molecule has 2 aromatic rings. The van der Waals surface area contributed by atoms with Gasteiger partial charge in [0.1, 0.15) is 11.9 Å². The smallest absolute Gasteiger partial charge is 0.191 e. The molecule has 0 aliphatic heterocycles. The van der Waals surface area contributed by atoms with Crippen molar-refractivity contribution in [2.24, 2.45) is 4.99 Å². The first kappa shape index (κ1) is 20.3. The van der Waals surface area contributed by atoms with E-state index in [2.05, 4.69) is 34.7 Å². The van der Waals surface area contributed by atoms with Crippen LogP contribution in [-0.2, 0) is 6.54 Å². The largest absolute Gasteiger partial charge is 0.489 e. The summed E-state index contributed by atoms with van der Waals surface area (Å²) in [4.78, 5) is 4.60. The monoisotopic (exact) mass is 439 g/mol. The third-order valence-corrected chi connectivity index (χ3v) is 3.24. The molecule has 0 heterocycles. The number of nitrogens with one attached hydrogen (secondary N) is 2. The number of hydrogen-bond acceptors (Lipinski definition) is 2. The average Bonchev–Trinajstić information content (AvgIpc) is 2.59. The molecule has 0 amide bonds. The molecule has 0 spiro atoms. The van der Waals surface area contributed by atoms with Crippen LogP contribution in [0, 0.1) is 0 Å². The summed E-state index contributed by atoms with van der Waals surface area (Å²) in [7, 11) is 0. The standard InChI is InChI=1S/C19H25N3O.HI/c1-3-20-19(22-15-17-10-6-4-7-11-17)21-14-16(2)23-18-12-8-5-9-13-18;/h4-13,16H,3,14-15H2,1-2H3,(H2,20,21,22);1H. The Morgan fingerprint density at radius 1 is 1.00 bits per heavy atom. The number of aliphatic imine (C=N–C) groups is 1. The second kappa shape index (κ2) is 11.7. The van der Waals surface area contributed by atoms with Crippen LogP contribution in [0.5, 0.6) is 5.75 Å². The predicted octanol–water partition coefficient (Wildman–Crippen LogP) is 3.83. The molecular weight excluding hydrogens is 413 g/mol. The van der Waals surface area contributed by atoms with Gasteiger partial charge in [-0.1, -0.05) is 48.5 Å². The van der Waals surface area contributed by atoms with Gasteiger partial charge >= 0.3 is 0 Å². The third-order valence-electron chi connectivity index (χ3n) is 3.24. The maximum atomic E-state index is 5.86. The van der Waals surface area contributed by atoms with E-state index in [1.807, 2.05) is 55.5 Å². The molecule has 24 heavy (non-hydrogen) atoms. The summed E-state index contributed by atoms with van der Waals surface area (Å²) < 4.78 is 5.86. The van der Waals surface area contributed by atoms with E-state index in [1.54, 1.807) is 0 Å². The third kappa shape index (κ3) is 7.68. The molecule has 5 heteroatoms. The van der Waals surface area contributed by atoms with Crippen LogP contribution in [0.4, 0.5) is 0 Å². The van der Waals surface area contributed by atoms with Crippen LogP contribution in [0.15, 0.2) is 65.7 Å². The molecule has 0 fully saturated rings. The summed E-state index contributed by atoms with van der Waals surface area (Å²) >= 11 is 0.